The van der Waals surface area contributed by atoms with Gasteiger partial charge in [0, 0.05) is 9.77 Å². The van der Waals surface area contributed by atoms with Gasteiger partial charge >= 0.3 is 5.97 Å². The summed E-state index contributed by atoms with van der Waals surface area (Å²) in [5, 5.41) is 1.91. The van der Waals surface area contributed by atoms with Crippen molar-refractivity contribution in [3.63, 3.8) is 0 Å². The summed E-state index contributed by atoms with van der Waals surface area (Å²) in [6.45, 7) is 0.208. The van der Waals surface area contributed by atoms with Gasteiger partial charge < -0.3 is 4.74 Å². The second-order valence-corrected chi connectivity index (χ2v) is 7.34. The zero-order valence-electron chi connectivity index (χ0n) is 14.1. The van der Waals surface area contributed by atoms with E-state index in [2.05, 4.69) is 0 Å². The largest absolute Gasteiger partial charge is 0.457 e. The molecule has 2 nitrogen and oxygen atoms in total. The highest BCUT2D eigenvalue weighted by Gasteiger charge is 2.15. The molecule has 0 radical (unpaired) electrons. The molecular formula is C21H17FO2S2. The third-order valence-corrected chi connectivity index (χ3v) is 5.36. The lowest BCUT2D eigenvalue weighted by molar-refractivity contribution is -0.137. The monoisotopic (exact) mass is 384 g/mol. The first-order valence-electron chi connectivity index (χ1n) is 7.97. The van der Waals surface area contributed by atoms with Crippen molar-refractivity contribution in [1.82, 2.24) is 0 Å². The second-order valence-electron chi connectivity index (χ2n) is 5.51. The van der Waals surface area contributed by atoms with E-state index in [1.165, 1.54) is 23.5 Å². The van der Waals surface area contributed by atoms with Gasteiger partial charge in [-0.25, -0.2) is 9.18 Å². The number of carbonyl (C=O) groups is 1. The van der Waals surface area contributed by atoms with E-state index in [1.54, 1.807) is 30.0 Å². The normalized spacial score (nSPS) is 11.4. The first kappa shape index (κ1) is 18.4. The highest BCUT2D eigenvalue weighted by molar-refractivity contribution is 7.98. The van der Waals surface area contributed by atoms with Crippen LogP contribution in [0.2, 0.25) is 0 Å². The van der Waals surface area contributed by atoms with Gasteiger partial charge in [-0.15, -0.1) is 23.1 Å². The van der Waals surface area contributed by atoms with E-state index >= 15 is 0 Å². The fraction of sp³-hybridized carbons (Fsp3) is 0.0952. The third-order valence-electron chi connectivity index (χ3n) is 3.72. The van der Waals surface area contributed by atoms with Crippen LogP contribution in [0.1, 0.15) is 16.0 Å². The number of esters is 1. The summed E-state index contributed by atoms with van der Waals surface area (Å²) in [7, 11) is 0. The highest BCUT2D eigenvalue weighted by Crippen LogP contribution is 2.25. The number of carbonyl (C=O) groups excluding carboxylic acids is 1. The topological polar surface area (TPSA) is 26.3 Å². The van der Waals surface area contributed by atoms with Crippen molar-refractivity contribution < 1.29 is 13.9 Å². The Bertz CT molecular complexity index is 883. The lowest BCUT2D eigenvalue weighted by Crippen LogP contribution is -2.06. The molecule has 0 atom stereocenters. The van der Waals surface area contributed by atoms with Gasteiger partial charge in [-0.05, 0) is 59.2 Å². The minimum Gasteiger partial charge on any atom is -0.457 e. The summed E-state index contributed by atoms with van der Waals surface area (Å²) in [5.41, 5.74) is 2.15. The minimum atomic E-state index is -0.397. The average Bonchev–Trinajstić information content (AvgIpc) is 3.20. The van der Waals surface area contributed by atoms with Crippen molar-refractivity contribution in [2.45, 2.75) is 11.5 Å². The second kappa shape index (κ2) is 8.83. The molecule has 0 saturated carbocycles. The molecule has 3 rings (SSSR count). The number of thioether (sulfide) groups is 1. The Morgan fingerprint density at radius 3 is 2.46 bits per heavy atom. The Kier molecular flexibility index (Phi) is 6.26. The van der Waals surface area contributed by atoms with E-state index in [9.17, 15) is 9.18 Å². The number of halogens is 1. The molecule has 3 aromatic rings. The Balaban J connectivity index is 1.77. The van der Waals surface area contributed by atoms with E-state index < -0.39 is 5.97 Å². The number of thiophene rings is 1. The Labute approximate surface area is 160 Å². The maximum atomic E-state index is 13.1. The Hall–Kier alpha value is -2.37. The summed E-state index contributed by atoms with van der Waals surface area (Å²) in [4.78, 5) is 14.6. The molecule has 0 fully saturated rings. The highest BCUT2D eigenvalue weighted by atomic mass is 32.2. The molecule has 0 amide bonds. The molecule has 1 aromatic heterocycles. The van der Waals surface area contributed by atoms with Crippen LogP contribution in [0, 0.1) is 5.82 Å². The lowest BCUT2D eigenvalue weighted by Gasteiger charge is -2.08. The Morgan fingerprint density at radius 2 is 1.85 bits per heavy atom. The fourth-order valence-corrected chi connectivity index (χ4v) is 3.47. The standard InChI is InChI=1S/C21H17FO2S2/c1-25-18-10-6-16(7-11-18)14-24-21(23)19(20-3-2-12-26-20)13-15-4-8-17(22)9-5-15/h2-13H,14H2,1H3/b19-13+. The third kappa shape index (κ3) is 4.84. The first-order valence-corrected chi connectivity index (χ1v) is 10.1. The number of hydrogen-bond acceptors (Lipinski definition) is 4. The summed E-state index contributed by atoms with van der Waals surface area (Å²) in [6.07, 6.45) is 3.74. The zero-order valence-corrected chi connectivity index (χ0v) is 15.8. The molecule has 26 heavy (non-hydrogen) atoms. The van der Waals surface area contributed by atoms with Gasteiger partial charge in [0.1, 0.15) is 12.4 Å². The molecule has 0 saturated heterocycles. The SMILES string of the molecule is CSc1ccc(COC(=O)/C(=C/c2ccc(F)cc2)c2cccs2)cc1. The molecular weight excluding hydrogens is 367 g/mol. The quantitative estimate of drug-likeness (QED) is 0.301. The molecule has 0 aliphatic carbocycles. The molecule has 5 heteroatoms. The molecule has 2 aromatic carbocycles. The number of rotatable bonds is 6. The smallest absolute Gasteiger partial charge is 0.339 e. The van der Waals surface area contributed by atoms with Gasteiger partial charge in [0.25, 0.3) is 0 Å². The van der Waals surface area contributed by atoms with Crippen molar-refractivity contribution >= 4 is 40.7 Å². The van der Waals surface area contributed by atoms with E-state index in [0.29, 0.717) is 5.57 Å². The van der Waals surface area contributed by atoms with Gasteiger partial charge in [0.2, 0.25) is 0 Å². The molecule has 1 heterocycles. The lowest BCUT2D eigenvalue weighted by atomic mass is 10.1. The van der Waals surface area contributed by atoms with Crippen LogP contribution in [0.25, 0.3) is 11.6 Å². The fourth-order valence-electron chi connectivity index (χ4n) is 2.34. The van der Waals surface area contributed by atoms with Crippen LogP contribution in [0.4, 0.5) is 4.39 Å². The maximum absolute atomic E-state index is 13.1. The maximum Gasteiger partial charge on any atom is 0.339 e. The van der Waals surface area contributed by atoms with E-state index in [1.807, 2.05) is 48.0 Å². The van der Waals surface area contributed by atoms with E-state index in [4.69, 9.17) is 4.74 Å². The van der Waals surface area contributed by atoms with Gasteiger partial charge in [0.05, 0.1) is 5.57 Å². The van der Waals surface area contributed by atoms with Crippen LogP contribution < -0.4 is 0 Å². The van der Waals surface area contributed by atoms with Crippen molar-refractivity contribution in [3.8, 4) is 0 Å². The van der Waals surface area contributed by atoms with Gasteiger partial charge in [-0.3, -0.25) is 0 Å². The average molecular weight is 384 g/mol. The predicted molar refractivity (Wildman–Crippen MR) is 107 cm³/mol. The van der Waals surface area contributed by atoms with E-state index in [-0.39, 0.29) is 12.4 Å². The minimum absolute atomic E-state index is 0.208. The predicted octanol–water partition coefficient (Wildman–Crippen LogP) is 5.89. The number of benzene rings is 2. The van der Waals surface area contributed by atoms with Crippen LogP contribution in [0.15, 0.2) is 70.9 Å². The molecule has 0 bridgehead atoms. The van der Waals surface area contributed by atoms with Crippen molar-refractivity contribution in [1.29, 1.82) is 0 Å². The van der Waals surface area contributed by atoms with Crippen molar-refractivity contribution in [3.05, 3.63) is 87.9 Å². The molecule has 0 N–H and O–H groups in total. The molecule has 0 aliphatic rings. The molecule has 0 unspecified atom stereocenters. The first-order chi connectivity index (χ1) is 12.7. The van der Waals surface area contributed by atoms with Gasteiger partial charge in [0.15, 0.2) is 0 Å². The number of hydrogen-bond donors (Lipinski definition) is 0. The zero-order chi connectivity index (χ0) is 18.4. The van der Waals surface area contributed by atoms with Crippen LogP contribution in [0.3, 0.4) is 0 Å². The molecule has 132 valence electrons. The molecule has 0 aliphatic heterocycles. The van der Waals surface area contributed by atoms with Crippen LogP contribution in [-0.4, -0.2) is 12.2 Å². The van der Waals surface area contributed by atoms with Crippen molar-refractivity contribution in [2.24, 2.45) is 0 Å². The summed E-state index contributed by atoms with van der Waals surface area (Å²) >= 11 is 3.13. The van der Waals surface area contributed by atoms with Crippen LogP contribution >= 0.6 is 23.1 Å². The van der Waals surface area contributed by atoms with E-state index in [0.717, 1.165) is 20.9 Å². The van der Waals surface area contributed by atoms with Crippen LogP contribution in [-0.2, 0) is 16.1 Å². The molecule has 0 spiro atoms. The van der Waals surface area contributed by atoms with Gasteiger partial charge in [-0.2, -0.15) is 0 Å². The summed E-state index contributed by atoms with van der Waals surface area (Å²) in [5.74, 6) is -0.707. The van der Waals surface area contributed by atoms with Crippen LogP contribution in [0.5, 0.6) is 0 Å². The number of ether oxygens (including phenoxy) is 1. The summed E-state index contributed by atoms with van der Waals surface area (Å²) in [6, 6.07) is 17.7. The Morgan fingerprint density at radius 1 is 1.12 bits per heavy atom. The van der Waals surface area contributed by atoms with Crippen molar-refractivity contribution in [2.75, 3.05) is 6.26 Å². The van der Waals surface area contributed by atoms with Gasteiger partial charge in [-0.1, -0.05) is 30.3 Å². The summed E-state index contributed by atoms with van der Waals surface area (Å²) < 4.78 is 18.6.